The van der Waals surface area contributed by atoms with Gasteiger partial charge in [0.15, 0.2) is 10.9 Å². The van der Waals surface area contributed by atoms with Crippen LogP contribution in [0.5, 0.6) is 0 Å². The Morgan fingerprint density at radius 3 is 2.76 bits per heavy atom. The molecule has 0 unspecified atom stereocenters. The second-order valence-electron chi connectivity index (χ2n) is 6.81. The third kappa shape index (κ3) is 4.29. The van der Waals surface area contributed by atoms with Crippen LogP contribution < -0.4 is 10.6 Å². The Hall–Kier alpha value is -2.43. The molecule has 7 nitrogen and oxygen atoms in total. The number of carbonyl (C=O) groups is 3. The first kappa shape index (κ1) is 19.9. The molecule has 3 heterocycles. The number of thiazole rings is 2. The van der Waals surface area contributed by atoms with E-state index in [9.17, 15) is 14.4 Å². The predicted molar refractivity (Wildman–Crippen MR) is 114 cm³/mol. The normalized spacial score (nSPS) is 16.9. The van der Waals surface area contributed by atoms with Gasteiger partial charge in [0.2, 0.25) is 5.91 Å². The van der Waals surface area contributed by atoms with Crippen LogP contribution in [0.1, 0.15) is 55.8 Å². The number of Topliss-reactive ketones (excluding diaryl/α,β-unsaturated/α-hetero) is 1. The highest BCUT2D eigenvalue weighted by Crippen LogP contribution is 2.33. The summed E-state index contributed by atoms with van der Waals surface area (Å²) < 4.78 is 0. The summed E-state index contributed by atoms with van der Waals surface area (Å²) in [5, 5.41) is 12.5. The second kappa shape index (κ2) is 8.13. The molecule has 0 fully saturated rings. The smallest absolute Gasteiger partial charge is 0.258 e. The minimum absolute atomic E-state index is 0.114. The molecular formula is C19H18N4O3S3. The first-order chi connectivity index (χ1) is 13.9. The number of hydrogen-bond acceptors (Lipinski definition) is 8. The quantitative estimate of drug-likeness (QED) is 0.620. The van der Waals surface area contributed by atoms with Gasteiger partial charge < -0.3 is 5.32 Å². The number of nitrogens with one attached hydrogen (secondary N) is 2. The number of carbonyl (C=O) groups excluding carboxylic acids is 3. The Bertz CT molecular complexity index is 1070. The number of aryl methyl sites for hydroxylation is 1. The fraction of sp³-hybridized carbons (Fsp3) is 0.316. The number of ketones is 1. The number of hydrogen-bond donors (Lipinski definition) is 2. The molecule has 0 bridgehead atoms. The highest BCUT2D eigenvalue weighted by atomic mass is 32.1. The number of fused-ring (bicyclic) bond motifs is 1. The summed E-state index contributed by atoms with van der Waals surface area (Å²) >= 11 is 4.13. The third-order valence-corrected chi connectivity index (χ3v) is 7.17. The molecule has 1 aliphatic carbocycles. The van der Waals surface area contributed by atoms with E-state index >= 15 is 0 Å². The van der Waals surface area contributed by atoms with Crippen LogP contribution in [0, 0.1) is 12.8 Å². The molecule has 0 spiro atoms. The first-order valence-corrected chi connectivity index (χ1v) is 11.6. The molecule has 1 aliphatic rings. The van der Waals surface area contributed by atoms with Gasteiger partial charge in [0.05, 0.1) is 38.8 Å². The van der Waals surface area contributed by atoms with Gasteiger partial charge in [0.25, 0.3) is 5.91 Å². The molecular weight excluding hydrogens is 428 g/mol. The van der Waals surface area contributed by atoms with Crippen LogP contribution >= 0.6 is 34.0 Å². The molecule has 0 aromatic carbocycles. The van der Waals surface area contributed by atoms with E-state index in [1.54, 1.807) is 11.4 Å². The molecule has 0 saturated heterocycles. The Balaban J connectivity index is 1.43. The number of anilines is 1. The van der Waals surface area contributed by atoms with E-state index in [0.717, 1.165) is 10.7 Å². The van der Waals surface area contributed by atoms with Gasteiger partial charge in [0, 0.05) is 23.6 Å². The molecule has 2 amide bonds. The van der Waals surface area contributed by atoms with Gasteiger partial charge in [0.1, 0.15) is 0 Å². The molecule has 2 atom stereocenters. The molecule has 0 saturated carbocycles. The highest BCUT2D eigenvalue weighted by molar-refractivity contribution is 7.17. The molecule has 10 heteroatoms. The summed E-state index contributed by atoms with van der Waals surface area (Å²) in [6, 6.07) is 1.50. The van der Waals surface area contributed by atoms with E-state index in [0.29, 0.717) is 27.7 Å². The Morgan fingerprint density at radius 2 is 2.07 bits per heavy atom. The molecule has 3 aromatic heterocycles. The molecule has 29 heavy (non-hydrogen) atoms. The second-order valence-corrected chi connectivity index (χ2v) is 9.65. The standard InChI is InChI=1S/C19H18N4O3S3/c1-9(14-8-28-10(2)21-14)20-18(26)12-5-13-16(15(24)6-12)29-19(22-13)23-17(25)11-3-4-27-7-11/h3-4,7-9,12H,5-6H2,1-2H3,(H,20,26)(H,22,23,25)/t9-,12-/m0/s1. The maximum Gasteiger partial charge on any atom is 0.258 e. The van der Waals surface area contributed by atoms with Gasteiger partial charge in [-0.2, -0.15) is 11.3 Å². The molecule has 2 N–H and O–H groups in total. The molecule has 3 aromatic rings. The fourth-order valence-electron chi connectivity index (χ4n) is 3.12. The van der Waals surface area contributed by atoms with E-state index in [2.05, 4.69) is 20.6 Å². The summed E-state index contributed by atoms with van der Waals surface area (Å²) in [5.41, 5.74) is 1.94. The summed E-state index contributed by atoms with van der Waals surface area (Å²) in [5.74, 6) is -1.03. The van der Waals surface area contributed by atoms with Crippen molar-refractivity contribution in [2.45, 2.75) is 32.7 Å². The molecule has 0 aliphatic heterocycles. The number of rotatable bonds is 5. The maximum atomic E-state index is 12.7. The number of nitrogens with zero attached hydrogens (tertiary/aromatic N) is 2. The lowest BCUT2D eigenvalue weighted by atomic mass is 9.89. The van der Waals surface area contributed by atoms with Gasteiger partial charge in [-0.15, -0.1) is 11.3 Å². The lowest BCUT2D eigenvalue weighted by Crippen LogP contribution is -2.37. The van der Waals surface area contributed by atoms with E-state index in [1.807, 2.05) is 24.6 Å². The largest absolute Gasteiger partial charge is 0.348 e. The van der Waals surface area contributed by atoms with Crippen LogP contribution in [0.15, 0.2) is 22.2 Å². The van der Waals surface area contributed by atoms with Crippen molar-refractivity contribution in [2.24, 2.45) is 5.92 Å². The number of aromatic nitrogens is 2. The van der Waals surface area contributed by atoms with Crippen molar-refractivity contribution in [3.05, 3.63) is 49.0 Å². The topological polar surface area (TPSA) is 101 Å². The molecule has 4 rings (SSSR count). The summed E-state index contributed by atoms with van der Waals surface area (Å²) in [6.45, 7) is 3.80. The Kier molecular flexibility index (Phi) is 5.57. The third-order valence-electron chi connectivity index (χ3n) is 4.64. The Labute approximate surface area is 179 Å². The zero-order valence-corrected chi connectivity index (χ0v) is 18.2. The van der Waals surface area contributed by atoms with E-state index in [4.69, 9.17) is 0 Å². The lowest BCUT2D eigenvalue weighted by molar-refractivity contribution is -0.125. The van der Waals surface area contributed by atoms with Crippen molar-refractivity contribution in [3.63, 3.8) is 0 Å². The lowest BCUT2D eigenvalue weighted by Gasteiger charge is -2.21. The van der Waals surface area contributed by atoms with Gasteiger partial charge in [-0.05, 0) is 25.3 Å². The zero-order valence-electron chi connectivity index (χ0n) is 15.7. The van der Waals surface area contributed by atoms with Gasteiger partial charge in [-0.1, -0.05) is 11.3 Å². The van der Waals surface area contributed by atoms with E-state index in [-0.39, 0.29) is 30.1 Å². The highest BCUT2D eigenvalue weighted by Gasteiger charge is 2.34. The van der Waals surface area contributed by atoms with Crippen LogP contribution in [0.25, 0.3) is 0 Å². The van der Waals surface area contributed by atoms with Crippen molar-refractivity contribution in [1.82, 2.24) is 15.3 Å². The van der Waals surface area contributed by atoms with Gasteiger partial charge in [-0.25, -0.2) is 9.97 Å². The average Bonchev–Trinajstić information content (AvgIpc) is 3.41. The van der Waals surface area contributed by atoms with Crippen LogP contribution in [0.3, 0.4) is 0 Å². The molecule has 150 valence electrons. The SMILES string of the molecule is Cc1nc([C@H](C)NC(=O)[C@@H]2CC(=O)c3sc(NC(=O)c4ccsc4)nc3C2)cs1. The monoisotopic (exact) mass is 446 g/mol. The summed E-state index contributed by atoms with van der Waals surface area (Å²) in [4.78, 5) is 46.8. The van der Waals surface area contributed by atoms with Crippen LogP contribution in [-0.4, -0.2) is 27.6 Å². The summed E-state index contributed by atoms with van der Waals surface area (Å²) in [6.07, 6.45) is 0.516. The minimum Gasteiger partial charge on any atom is -0.348 e. The average molecular weight is 447 g/mol. The zero-order chi connectivity index (χ0) is 20.5. The predicted octanol–water partition coefficient (Wildman–Crippen LogP) is 3.84. The number of amides is 2. The van der Waals surface area contributed by atoms with Crippen molar-refractivity contribution in [1.29, 1.82) is 0 Å². The van der Waals surface area contributed by atoms with Crippen LogP contribution in [0.4, 0.5) is 5.13 Å². The van der Waals surface area contributed by atoms with Crippen molar-refractivity contribution in [3.8, 4) is 0 Å². The van der Waals surface area contributed by atoms with Crippen molar-refractivity contribution < 1.29 is 14.4 Å². The first-order valence-electron chi connectivity index (χ1n) is 8.99. The van der Waals surface area contributed by atoms with E-state index in [1.165, 1.54) is 34.0 Å². The fourth-order valence-corrected chi connectivity index (χ4v) is 5.40. The summed E-state index contributed by atoms with van der Waals surface area (Å²) in [7, 11) is 0. The minimum atomic E-state index is -0.472. The number of thiophene rings is 1. The van der Waals surface area contributed by atoms with Crippen LogP contribution in [0.2, 0.25) is 0 Å². The van der Waals surface area contributed by atoms with Crippen molar-refractivity contribution in [2.75, 3.05) is 5.32 Å². The van der Waals surface area contributed by atoms with E-state index < -0.39 is 5.92 Å². The van der Waals surface area contributed by atoms with Gasteiger partial charge >= 0.3 is 0 Å². The molecule has 0 radical (unpaired) electrons. The maximum absolute atomic E-state index is 12.7. The van der Waals surface area contributed by atoms with Crippen molar-refractivity contribution >= 4 is 56.7 Å². The van der Waals surface area contributed by atoms with Crippen LogP contribution in [-0.2, 0) is 11.2 Å². The van der Waals surface area contributed by atoms with Gasteiger partial charge in [-0.3, -0.25) is 19.7 Å². The Morgan fingerprint density at radius 1 is 1.24 bits per heavy atom.